The fraction of sp³-hybridized carbons (Fsp3) is 0.364. The van der Waals surface area contributed by atoms with E-state index in [0.717, 1.165) is 33.1 Å². The average molecular weight is 542 g/mol. The van der Waals surface area contributed by atoms with Crippen molar-refractivity contribution in [2.24, 2.45) is 0 Å². The Morgan fingerprint density at radius 3 is 2.37 bits per heavy atom. The van der Waals surface area contributed by atoms with Gasteiger partial charge in [-0.25, -0.2) is 0 Å². The van der Waals surface area contributed by atoms with Crippen LogP contribution in [-0.2, 0) is 4.79 Å². The van der Waals surface area contributed by atoms with Crippen LogP contribution < -0.4 is 20.3 Å². The van der Waals surface area contributed by atoms with Gasteiger partial charge in [0.2, 0.25) is 0 Å². The Morgan fingerprint density at radius 2 is 1.70 bits per heavy atom. The molecule has 2 aromatic carbocycles. The van der Waals surface area contributed by atoms with Crippen LogP contribution in [0.3, 0.4) is 0 Å². The largest absolute Gasteiger partial charge is 0.494 e. The summed E-state index contributed by atoms with van der Waals surface area (Å²) in [6.07, 6.45) is 4.56. The number of benzene rings is 2. The number of hydrogen-bond donors (Lipinski definition) is 2. The maximum absolute atomic E-state index is 12.2. The molecular formula is C22H26Br2N2O4. The molecule has 0 saturated carbocycles. The molecule has 2 amide bonds. The van der Waals surface area contributed by atoms with Gasteiger partial charge in [-0.1, -0.05) is 42.1 Å². The first-order chi connectivity index (χ1) is 14.4. The fourth-order valence-electron chi connectivity index (χ4n) is 2.67. The molecule has 0 saturated heterocycles. The molecule has 30 heavy (non-hydrogen) atoms. The molecule has 162 valence electrons. The lowest BCUT2D eigenvalue weighted by molar-refractivity contribution is -0.123. The second kappa shape index (κ2) is 12.6. The Morgan fingerprint density at radius 1 is 0.967 bits per heavy atom. The lowest BCUT2D eigenvalue weighted by Gasteiger charge is -2.12. The standard InChI is InChI=1S/C22H26Br2N2O4/c1-3-4-5-6-11-29-18-9-7-16(8-10-18)22(28)26-25-20(27)14-30-21-15(2)12-17(23)13-19(21)24/h7-10,12-13H,3-6,11,14H2,1-2H3,(H,25,27)(H,26,28). The smallest absolute Gasteiger partial charge is 0.276 e. The SMILES string of the molecule is CCCCCCOc1ccc(C(=O)NNC(=O)COc2c(C)cc(Br)cc2Br)cc1. The number of aryl methyl sites for hydroxylation is 1. The van der Waals surface area contributed by atoms with Crippen LogP contribution in [0.25, 0.3) is 0 Å². The number of carbonyl (C=O) groups excluding carboxylic acids is 2. The number of ether oxygens (including phenoxy) is 2. The molecule has 0 aliphatic heterocycles. The van der Waals surface area contributed by atoms with Crippen LogP contribution in [0.4, 0.5) is 0 Å². The zero-order valence-corrected chi connectivity index (χ0v) is 20.3. The van der Waals surface area contributed by atoms with Gasteiger partial charge in [0.25, 0.3) is 11.8 Å². The highest BCUT2D eigenvalue weighted by atomic mass is 79.9. The van der Waals surface area contributed by atoms with Gasteiger partial charge in [0.1, 0.15) is 11.5 Å². The Balaban J connectivity index is 1.75. The predicted molar refractivity (Wildman–Crippen MR) is 124 cm³/mol. The van der Waals surface area contributed by atoms with Crippen molar-refractivity contribution in [1.82, 2.24) is 10.9 Å². The average Bonchev–Trinajstić information content (AvgIpc) is 2.71. The fourth-order valence-corrected chi connectivity index (χ4v) is 4.22. The maximum atomic E-state index is 12.2. The number of halogens is 2. The highest BCUT2D eigenvalue weighted by Gasteiger charge is 2.11. The number of carbonyl (C=O) groups is 2. The maximum Gasteiger partial charge on any atom is 0.276 e. The van der Waals surface area contributed by atoms with Gasteiger partial charge in [-0.15, -0.1) is 0 Å². The Kier molecular flexibility index (Phi) is 10.2. The molecule has 0 aromatic heterocycles. The van der Waals surface area contributed by atoms with E-state index in [1.165, 1.54) is 12.8 Å². The summed E-state index contributed by atoms with van der Waals surface area (Å²) in [7, 11) is 0. The van der Waals surface area contributed by atoms with Crippen molar-refractivity contribution in [3.63, 3.8) is 0 Å². The first-order valence-electron chi connectivity index (χ1n) is 9.81. The van der Waals surface area contributed by atoms with Crippen molar-refractivity contribution in [3.8, 4) is 11.5 Å². The summed E-state index contributed by atoms with van der Waals surface area (Å²) in [6.45, 7) is 4.48. The number of hydrazine groups is 1. The summed E-state index contributed by atoms with van der Waals surface area (Å²) in [6, 6.07) is 10.5. The van der Waals surface area contributed by atoms with Crippen LogP contribution in [0.15, 0.2) is 45.3 Å². The number of unbranched alkanes of at least 4 members (excludes halogenated alkanes) is 3. The molecular weight excluding hydrogens is 516 g/mol. The van der Waals surface area contributed by atoms with Gasteiger partial charge >= 0.3 is 0 Å². The molecule has 0 atom stereocenters. The summed E-state index contributed by atoms with van der Waals surface area (Å²) in [4.78, 5) is 24.2. The molecule has 0 heterocycles. The van der Waals surface area contributed by atoms with E-state index >= 15 is 0 Å². The van der Waals surface area contributed by atoms with Crippen molar-refractivity contribution < 1.29 is 19.1 Å². The van der Waals surface area contributed by atoms with Crippen molar-refractivity contribution >= 4 is 43.7 Å². The number of hydrogen-bond acceptors (Lipinski definition) is 4. The van der Waals surface area contributed by atoms with Crippen molar-refractivity contribution in [2.45, 2.75) is 39.5 Å². The first kappa shape index (κ1) is 24.2. The van der Waals surface area contributed by atoms with Gasteiger partial charge in [0.05, 0.1) is 11.1 Å². The molecule has 0 spiro atoms. The lowest BCUT2D eigenvalue weighted by atomic mass is 10.2. The van der Waals surface area contributed by atoms with Gasteiger partial charge < -0.3 is 9.47 Å². The monoisotopic (exact) mass is 540 g/mol. The molecule has 0 fully saturated rings. The van der Waals surface area contributed by atoms with Crippen molar-refractivity contribution in [3.05, 3.63) is 56.5 Å². The third-order valence-electron chi connectivity index (χ3n) is 4.24. The normalized spacial score (nSPS) is 10.4. The van der Waals surface area contributed by atoms with E-state index in [4.69, 9.17) is 9.47 Å². The molecule has 2 N–H and O–H groups in total. The van der Waals surface area contributed by atoms with E-state index in [2.05, 4.69) is 49.6 Å². The van der Waals surface area contributed by atoms with E-state index in [9.17, 15) is 9.59 Å². The highest BCUT2D eigenvalue weighted by Crippen LogP contribution is 2.32. The van der Waals surface area contributed by atoms with Crippen LogP contribution in [-0.4, -0.2) is 25.0 Å². The van der Waals surface area contributed by atoms with Crippen LogP contribution in [0.1, 0.15) is 48.5 Å². The summed E-state index contributed by atoms with van der Waals surface area (Å²) >= 11 is 6.80. The molecule has 0 unspecified atom stereocenters. The van der Waals surface area contributed by atoms with E-state index in [1.807, 2.05) is 19.1 Å². The van der Waals surface area contributed by atoms with E-state index in [1.54, 1.807) is 24.3 Å². The third-order valence-corrected chi connectivity index (χ3v) is 5.29. The second-order valence-electron chi connectivity index (χ2n) is 6.76. The lowest BCUT2D eigenvalue weighted by Crippen LogP contribution is -2.43. The predicted octanol–water partition coefficient (Wildman–Crippen LogP) is 5.32. The van der Waals surface area contributed by atoms with Crippen LogP contribution >= 0.6 is 31.9 Å². The highest BCUT2D eigenvalue weighted by molar-refractivity contribution is 9.11. The van der Waals surface area contributed by atoms with Gasteiger partial charge in [-0.05, 0) is 71.2 Å². The van der Waals surface area contributed by atoms with Crippen molar-refractivity contribution in [1.29, 1.82) is 0 Å². The minimum Gasteiger partial charge on any atom is -0.494 e. The van der Waals surface area contributed by atoms with E-state index in [-0.39, 0.29) is 6.61 Å². The molecule has 0 bridgehead atoms. The summed E-state index contributed by atoms with van der Waals surface area (Å²) in [5.74, 6) is 0.407. The molecule has 8 heteroatoms. The number of rotatable bonds is 10. The third kappa shape index (κ3) is 7.99. The van der Waals surface area contributed by atoms with Gasteiger partial charge in [-0.2, -0.15) is 0 Å². The minimum atomic E-state index is -0.468. The van der Waals surface area contributed by atoms with E-state index < -0.39 is 11.8 Å². The Hall–Kier alpha value is -2.06. The van der Waals surface area contributed by atoms with Crippen LogP contribution in [0.2, 0.25) is 0 Å². The second-order valence-corrected chi connectivity index (χ2v) is 8.53. The quantitative estimate of drug-likeness (QED) is 0.315. The van der Waals surface area contributed by atoms with Gasteiger partial charge in [0, 0.05) is 10.0 Å². The van der Waals surface area contributed by atoms with Crippen molar-refractivity contribution in [2.75, 3.05) is 13.2 Å². The zero-order valence-electron chi connectivity index (χ0n) is 17.1. The zero-order chi connectivity index (χ0) is 21.9. The van der Waals surface area contributed by atoms with Gasteiger partial charge in [0.15, 0.2) is 6.61 Å². The number of nitrogens with one attached hydrogen (secondary N) is 2. The Bertz CT molecular complexity index is 834. The van der Waals surface area contributed by atoms with E-state index in [0.29, 0.717) is 17.9 Å². The molecule has 2 rings (SSSR count). The first-order valence-corrected chi connectivity index (χ1v) is 11.4. The van der Waals surface area contributed by atoms with Crippen LogP contribution in [0.5, 0.6) is 11.5 Å². The minimum absolute atomic E-state index is 0.230. The molecule has 0 radical (unpaired) electrons. The molecule has 2 aromatic rings. The Labute approximate surface area is 193 Å². The molecule has 0 aliphatic rings. The topological polar surface area (TPSA) is 76.7 Å². The van der Waals surface area contributed by atoms with Crippen LogP contribution in [0, 0.1) is 6.92 Å². The molecule has 6 nitrogen and oxygen atoms in total. The molecule has 0 aliphatic carbocycles. The summed E-state index contributed by atoms with van der Waals surface area (Å²) in [5.41, 5.74) is 6.02. The summed E-state index contributed by atoms with van der Waals surface area (Å²) < 4.78 is 12.9. The van der Waals surface area contributed by atoms with Gasteiger partial charge in [-0.3, -0.25) is 20.4 Å². The number of amides is 2. The summed E-state index contributed by atoms with van der Waals surface area (Å²) in [5, 5.41) is 0.